The molecule has 5 nitrogen and oxygen atoms in total. The van der Waals surface area contributed by atoms with Crippen LogP contribution < -0.4 is 5.32 Å². The maximum absolute atomic E-state index is 13.5. The van der Waals surface area contributed by atoms with E-state index in [0.29, 0.717) is 6.08 Å². The quantitative estimate of drug-likeness (QED) is 0.120. The normalized spacial score (nSPS) is 14.9. The Morgan fingerprint density at radius 1 is 1.11 bits per heavy atom. The van der Waals surface area contributed by atoms with Crippen molar-refractivity contribution in [3.05, 3.63) is 12.7 Å². The number of thiol groups is 1. The molecule has 0 aromatic carbocycles. The first kappa shape index (κ1) is 26.5. The molecule has 0 fully saturated rings. The minimum atomic E-state index is -5.52. The molecule has 0 bridgehead atoms. The van der Waals surface area contributed by atoms with Crippen LogP contribution in [0.3, 0.4) is 0 Å². The number of nitrogens with one attached hydrogen (secondary N) is 1. The van der Waals surface area contributed by atoms with Gasteiger partial charge in [-0.2, -0.15) is 30.7 Å². The van der Waals surface area contributed by atoms with Gasteiger partial charge in [0.1, 0.15) is 0 Å². The zero-order valence-corrected chi connectivity index (χ0v) is 15.6. The lowest BCUT2D eigenvalue weighted by atomic mass is 10.1. The molecular weight excluding hydrogens is 423 g/mol. The van der Waals surface area contributed by atoms with Crippen LogP contribution in [0, 0.1) is 0 Å². The van der Waals surface area contributed by atoms with E-state index in [9.17, 15) is 40.3 Å². The fraction of sp³-hybridized carbons (Fsp3) is 0.733. The SMILES string of the molecule is C=CC(=O)OC(OCCCCC(F)(F)C(F)(F)S)(C(=O)NCCC)C(F)(F)F. The molecule has 0 aliphatic rings. The van der Waals surface area contributed by atoms with Crippen LogP contribution in [0.2, 0.25) is 0 Å². The minimum Gasteiger partial charge on any atom is -0.412 e. The number of amides is 1. The van der Waals surface area contributed by atoms with Crippen molar-refractivity contribution in [3.63, 3.8) is 0 Å². The van der Waals surface area contributed by atoms with Crippen LogP contribution in [-0.4, -0.2) is 48.2 Å². The highest BCUT2D eigenvalue weighted by Crippen LogP contribution is 2.41. The van der Waals surface area contributed by atoms with E-state index in [0.717, 1.165) is 0 Å². The molecule has 0 aromatic heterocycles. The zero-order valence-electron chi connectivity index (χ0n) is 14.8. The summed E-state index contributed by atoms with van der Waals surface area (Å²) in [6.07, 6.45) is -7.53. The van der Waals surface area contributed by atoms with Crippen LogP contribution in [-0.2, 0) is 19.1 Å². The van der Waals surface area contributed by atoms with E-state index in [4.69, 9.17) is 0 Å². The lowest BCUT2D eigenvalue weighted by Gasteiger charge is -2.32. The number of carbonyl (C=O) groups is 2. The molecule has 0 radical (unpaired) electrons. The van der Waals surface area contributed by atoms with Crippen molar-refractivity contribution < 1.29 is 49.8 Å². The monoisotopic (exact) mass is 443 g/mol. The molecule has 28 heavy (non-hydrogen) atoms. The van der Waals surface area contributed by atoms with Crippen LogP contribution in [0.5, 0.6) is 0 Å². The molecule has 0 rings (SSSR count). The number of halogens is 7. The molecular formula is C15H20F7NO4S. The van der Waals surface area contributed by atoms with Crippen molar-refractivity contribution in [3.8, 4) is 0 Å². The number of unbranched alkanes of at least 4 members (excludes halogenated alkanes) is 1. The first-order chi connectivity index (χ1) is 12.6. The molecule has 1 amide bonds. The van der Waals surface area contributed by atoms with Crippen molar-refractivity contribution >= 4 is 24.5 Å². The summed E-state index contributed by atoms with van der Waals surface area (Å²) in [7, 11) is 0. The number of ether oxygens (including phenoxy) is 2. The second-order valence-corrected chi connectivity index (χ2v) is 6.11. The third-order valence-corrected chi connectivity index (χ3v) is 3.58. The molecule has 0 aliphatic heterocycles. The Kier molecular flexibility index (Phi) is 9.77. The van der Waals surface area contributed by atoms with E-state index in [1.54, 1.807) is 6.92 Å². The fourth-order valence-corrected chi connectivity index (χ4v) is 1.88. The first-order valence-corrected chi connectivity index (χ1v) is 8.41. The van der Waals surface area contributed by atoms with Gasteiger partial charge in [0.15, 0.2) is 0 Å². The maximum Gasteiger partial charge on any atom is 0.466 e. The van der Waals surface area contributed by atoms with Gasteiger partial charge in [0.25, 0.3) is 0 Å². The summed E-state index contributed by atoms with van der Waals surface area (Å²) < 4.78 is 100. The van der Waals surface area contributed by atoms with Crippen molar-refractivity contribution in [1.82, 2.24) is 5.32 Å². The van der Waals surface area contributed by atoms with Crippen LogP contribution in [0.15, 0.2) is 12.7 Å². The van der Waals surface area contributed by atoms with Crippen molar-refractivity contribution in [2.24, 2.45) is 0 Å². The van der Waals surface area contributed by atoms with Crippen LogP contribution >= 0.6 is 12.6 Å². The lowest BCUT2D eigenvalue weighted by Crippen LogP contribution is -2.61. The molecule has 1 N–H and O–H groups in total. The van der Waals surface area contributed by atoms with E-state index in [1.807, 2.05) is 5.32 Å². The minimum absolute atomic E-state index is 0.199. The topological polar surface area (TPSA) is 64.6 Å². The Morgan fingerprint density at radius 2 is 1.68 bits per heavy atom. The van der Waals surface area contributed by atoms with Crippen LogP contribution in [0.4, 0.5) is 30.7 Å². The Morgan fingerprint density at radius 3 is 2.11 bits per heavy atom. The average Bonchev–Trinajstić information content (AvgIpc) is 2.55. The Balaban J connectivity index is 5.24. The Hall–Kier alpha value is -1.50. The van der Waals surface area contributed by atoms with E-state index >= 15 is 0 Å². The zero-order chi connectivity index (χ0) is 22.2. The van der Waals surface area contributed by atoms with E-state index in [-0.39, 0.29) is 13.0 Å². The molecule has 0 aliphatic carbocycles. The number of hydrogen-bond acceptors (Lipinski definition) is 5. The van der Waals surface area contributed by atoms with Gasteiger partial charge in [-0.15, -0.1) is 0 Å². The molecule has 0 spiro atoms. The number of rotatable bonds is 12. The van der Waals surface area contributed by atoms with Crippen LogP contribution in [0.1, 0.15) is 32.6 Å². The van der Waals surface area contributed by atoms with Gasteiger partial charge in [-0.3, -0.25) is 4.79 Å². The predicted octanol–water partition coefficient (Wildman–Crippen LogP) is 3.85. The number of alkyl halides is 7. The smallest absolute Gasteiger partial charge is 0.412 e. The van der Waals surface area contributed by atoms with E-state index in [2.05, 4.69) is 28.7 Å². The highest BCUT2D eigenvalue weighted by molar-refractivity contribution is 7.81. The molecule has 1 unspecified atom stereocenters. The molecule has 164 valence electrons. The van der Waals surface area contributed by atoms with Gasteiger partial charge in [0, 0.05) is 19.0 Å². The third kappa shape index (κ3) is 7.15. The van der Waals surface area contributed by atoms with Gasteiger partial charge in [-0.1, -0.05) is 26.1 Å². The Bertz CT molecular complexity index is 551. The maximum atomic E-state index is 13.5. The molecule has 0 saturated carbocycles. The standard InChI is InChI=1S/C15H20F7NO4S/c1-3-8-23-11(25)13(14(18,19)20,27-10(24)4-2)26-9-6-5-7-12(16,17)15(21,22)28/h4,28H,2-3,5-9H2,1H3,(H,23,25). The second kappa shape index (κ2) is 10.3. The number of carbonyl (C=O) groups excluding carboxylic acids is 2. The largest absolute Gasteiger partial charge is 0.466 e. The van der Waals surface area contributed by atoms with Gasteiger partial charge in [-0.25, -0.2) is 4.79 Å². The number of hydrogen-bond donors (Lipinski definition) is 2. The summed E-state index contributed by atoms with van der Waals surface area (Å²) in [5, 5.41) is -2.74. The molecule has 0 saturated heterocycles. The third-order valence-electron chi connectivity index (χ3n) is 3.25. The van der Waals surface area contributed by atoms with Gasteiger partial charge in [-0.05, 0) is 19.3 Å². The average molecular weight is 443 g/mol. The van der Waals surface area contributed by atoms with Gasteiger partial charge in [0.05, 0.1) is 6.61 Å². The molecule has 1 atom stereocenters. The van der Waals surface area contributed by atoms with Gasteiger partial charge < -0.3 is 14.8 Å². The fourth-order valence-electron chi connectivity index (χ4n) is 1.76. The number of esters is 1. The highest BCUT2D eigenvalue weighted by Gasteiger charge is 2.66. The molecule has 0 heterocycles. The summed E-state index contributed by atoms with van der Waals surface area (Å²) in [6.45, 7) is 3.27. The van der Waals surface area contributed by atoms with Gasteiger partial charge >= 0.3 is 35.0 Å². The molecule has 13 heteroatoms. The lowest BCUT2D eigenvalue weighted by molar-refractivity contribution is -0.346. The Labute approximate surface area is 162 Å². The summed E-state index contributed by atoms with van der Waals surface area (Å²) in [6, 6.07) is 0. The van der Waals surface area contributed by atoms with E-state index < -0.39 is 60.9 Å². The van der Waals surface area contributed by atoms with Crippen LogP contribution in [0.25, 0.3) is 0 Å². The molecule has 0 aromatic rings. The van der Waals surface area contributed by atoms with Crippen molar-refractivity contribution in [2.45, 2.75) is 55.7 Å². The van der Waals surface area contributed by atoms with Crippen molar-refractivity contribution in [1.29, 1.82) is 0 Å². The van der Waals surface area contributed by atoms with Crippen molar-refractivity contribution in [2.75, 3.05) is 13.2 Å². The first-order valence-electron chi connectivity index (χ1n) is 7.97. The van der Waals surface area contributed by atoms with Gasteiger partial charge in [0.2, 0.25) is 0 Å². The van der Waals surface area contributed by atoms with E-state index in [1.165, 1.54) is 0 Å². The second-order valence-electron chi connectivity index (χ2n) is 5.55. The summed E-state index contributed by atoms with van der Waals surface area (Å²) in [5.41, 5.74) is 0. The summed E-state index contributed by atoms with van der Waals surface area (Å²) in [4.78, 5) is 23.3. The predicted molar refractivity (Wildman–Crippen MR) is 87.1 cm³/mol. The highest BCUT2D eigenvalue weighted by atomic mass is 32.1. The summed E-state index contributed by atoms with van der Waals surface area (Å²) >= 11 is 2.47. The summed E-state index contributed by atoms with van der Waals surface area (Å²) in [5.74, 6) is -12.0.